The van der Waals surface area contributed by atoms with Crippen LogP contribution in [0.1, 0.15) is 181 Å². The first-order valence-corrected chi connectivity index (χ1v) is 22.8. The van der Waals surface area contributed by atoms with Crippen LogP contribution in [0.25, 0.3) is 0 Å². The van der Waals surface area contributed by atoms with Crippen molar-refractivity contribution in [3.8, 4) is 0 Å². The molecule has 0 bridgehead atoms. The summed E-state index contributed by atoms with van der Waals surface area (Å²) in [5.74, 6) is -1.83. The predicted molar refractivity (Wildman–Crippen MR) is 236 cm³/mol. The molecular formula is C49H85NO7. The highest BCUT2D eigenvalue weighted by Crippen LogP contribution is 2.14. The van der Waals surface area contributed by atoms with Gasteiger partial charge in [0.25, 0.3) is 0 Å². The number of esters is 2. The smallest absolute Gasteiger partial charge is 0.306 e. The molecule has 0 fully saturated rings. The van der Waals surface area contributed by atoms with Crippen molar-refractivity contribution in [1.82, 2.24) is 0 Å². The normalized spacial score (nSPS) is 13.5. The molecule has 0 spiro atoms. The summed E-state index contributed by atoms with van der Waals surface area (Å²) in [6, 6.07) is -0.735. The van der Waals surface area contributed by atoms with E-state index >= 15 is 0 Å². The Kier molecular flexibility index (Phi) is 37.8. The maximum absolute atomic E-state index is 12.7. The van der Waals surface area contributed by atoms with E-state index in [1.807, 2.05) is 6.08 Å². The molecule has 328 valence electrons. The van der Waals surface area contributed by atoms with Crippen molar-refractivity contribution in [2.45, 2.75) is 193 Å². The van der Waals surface area contributed by atoms with Crippen LogP contribution >= 0.6 is 0 Å². The molecule has 0 aromatic rings. The number of nitrogens with zero attached hydrogens (tertiary/aromatic N) is 1. The third-order valence-corrected chi connectivity index (χ3v) is 9.90. The monoisotopic (exact) mass is 800 g/mol. The molecule has 8 nitrogen and oxygen atoms in total. The van der Waals surface area contributed by atoms with Gasteiger partial charge in [0.2, 0.25) is 0 Å². The molecule has 0 saturated heterocycles. The number of hydrogen-bond donors (Lipinski definition) is 0. The molecule has 0 amide bonds. The van der Waals surface area contributed by atoms with Crippen LogP contribution in [0.3, 0.4) is 0 Å². The maximum Gasteiger partial charge on any atom is 0.306 e. The van der Waals surface area contributed by atoms with Crippen molar-refractivity contribution < 1.29 is 38.2 Å². The van der Waals surface area contributed by atoms with E-state index in [-0.39, 0.29) is 49.1 Å². The fourth-order valence-corrected chi connectivity index (χ4v) is 6.37. The Morgan fingerprint density at radius 1 is 0.544 bits per heavy atom. The SMILES string of the molecule is CC/C=C/C/C=C/C/C=C/CCCCCCCCCCCCC(=O)OC(COCCC(C(=O)[O-])[N+](C)(C)C)COC(=O)CC/C=C/C/C=C/CCCCCCCC. The van der Waals surface area contributed by atoms with Crippen molar-refractivity contribution in [2.24, 2.45) is 0 Å². The van der Waals surface area contributed by atoms with Gasteiger partial charge in [-0.05, 0) is 64.2 Å². The molecule has 0 aliphatic carbocycles. The third-order valence-electron chi connectivity index (χ3n) is 9.90. The summed E-state index contributed by atoms with van der Waals surface area (Å²) < 4.78 is 17.1. The first kappa shape index (κ1) is 54.0. The number of quaternary nitrogens is 1. The van der Waals surface area contributed by atoms with E-state index < -0.39 is 18.1 Å². The lowest BCUT2D eigenvalue weighted by Crippen LogP contribution is -2.55. The summed E-state index contributed by atoms with van der Waals surface area (Å²) in [7, 11) is 5.39. The second kappa shape index (κ2) is 39.8. The quantitative estimate of drug-likeness (QED) is 0.0263. The molecule has 0 aromatic heterocycles. The molecule has 0 aliphatic rings. The van der Waals surface area contributed by atoms with Crippen molar-refractivity contribution in [3.63, 3.8) is 0 Å². The number of hydrogen-bond acceptors (Lipinski definition) is 7. The topological polar surface area (TPSA) is 102 Å². The van der Waals surface area contributed by atoms with Crippen LogP contribution in [0.5, 0.6) is 0 Å². The van der Waals surface area contributed by atoms with Crippen LogP contribution in [-0.4, -0.2) is 75.5 Å². The van der Waals surface area contributed by atoms with E-state index in [1.54, 1.807) is 21.1 Å². The summed E-state index contributed by atoms with van der Waals surface area (Å²) in [4.78, 5) is 36.8. The van der Waals surface area contributed by atoms with Gasteiger partial charge in [-0.25, -0.2) is 0 Å². The first-order chi connectivity index (χ1) is 27.6. The van der Waals surface area contributed by atoms with Crippen LogP contribution in [0, 0.1) is 0 Å². The molecule has 0 heterocycles. The second-order valence-electron chi connectivity index (χ2n) is 16.3. The molecule has 2 atom stereocenters. The number of carboxylic acids is 1. The van der Waals surface area contributed by atoms with Crippen molar-refractivity contribution in [1.29, 1.82) is 0 Å². The summed E-state index contributed by atoms with van der Waals surface area (Å²) >= 11 is 0. The number of carbonyl (C=O) groups is 3. The largest absolute Gasteiger partial charge is 0.544 e. The van der Waals surface area contributed by atoms with Gasteiger partial charge < -0.3 is 28.6 Å². The van der Waals surface area contributed by atoms with Crippen LogP contribution in [0.15, 0.2) is 60.8 Å². The number of ether oxygens (including phenoxy) is 3. The number of aliphatic carboxylic acids is 1. The van der Waals surface area contributed by atoms with Crippen LogP contribution in [0.4, 0.5) is 0 Å². The number of allylic oxidation sites excluding steroid dienone is 10. The van der Waals surface area contributed by atoms with Crippen molar-refractivity contribution in [3.05, 3.63) is 60.8 Å². The van der Waals surface area contributed by atoms with E-state index in [0.717, 1.165) is 51.4 Å². The Bertz CT molecular complexity index is 1120. The lowest BCUT2D eigenvalue weighted by Gasteiger charge is -2.34. The summed E-state index contributed by atoms with van der Waals surface area (Å²) in [5.41, 5.74) is 0. The summed E-state index contributed by atoms with van der Waals surface area (Å²) in [5, 5.41) is 11.6. The Labute approximate surface area is 349 Å². The fourth-order valence-electron chi connectivity index (χ4n) is 6.37. The Morgan fingerprint density at radius 2 is 1.02 bits per heavy atom. The minimum Gasteiger partial charge on any atom is -0.544 e. The summed E-state index contributed by atoms with van der Waals surface area (Å²) in [6.07, 6.45) is 48.3. The van der Waals surface area contributed by atoms with Gasteiger partial charge >= 0.3 is 11.9 Å². The number of likely N-dealkylation sites (N-methyl/N-ethyl adjacent to an activating group) is 1. The molecule has 57 heavy (non-hydrogen) atoms. The van der Waals surface area contributed by atoms with Gasteiger partial charge in [0.1, 0.15) is 12.6 Å². The standard InChI is InChI=1S/C49H85NO7/c1-6-8-10-12-14-16-18-20-21-22-23-24-25-26-28-30-32-34-36-38-40-48(52)57-45(43-55-42-41-46(49(53)54)50(3,4)5)44-56-47(51)39-37-35-33-31-29-27-19-17-15-13-11-9-7-2/h8,10,14,16,20-21,27,29,33,35,45-46H,6-7,9,11-13,15,17-19,22-26,28,30-32,34,36-44H2,1-5H3/b10-8+,16-14+,21-20+,29-27+,35-33+. The maximum atomic E-state index is 12.7. The van der Waals surface area contributed by atoms with E-state index in [1.165, 1.54) is 89.9 Å². The Morgan fingerprint density at radius 3 is 1.53 bits per heavy atom. The molecule has 0 N–H and O–H groups in total. The average Bonchev–Trinajstić information content (AvgIpc) is 3.17. The highest BCUT2D eigenvalue weighted by molar-refractivity contribution is 5.70. The molecule has 0 saturated carbocycles. The number of carboxylic acid groups (broad SMARTS) is 1. The zero-order valence-corrected chi connectivity index (χ0v) is 37.2. The third kappa shape index (κ3) is 38.3. The van der Waals surface area contributed by atoms with Crippen LogP contribution < -0.4 is 5.11 Å². The van der Waals surface area contributed by atoms with Gasteiger partial charge in [-0.15, -0.1) is 0 Å². The molecule has 2 unspecified atom stereocenters. The molecule has 0 radical (unpaired) electrons. The van der Waals surface area contributed by atoms with E-state index in [4.69, 9.17) is 14.2 Å². The minimum absolute atomic E-state index is 0.0205. The summed E-state index contributed by atoms with van der Waals surface area (Å²) in [6.45, 7) is 4.47. The van der Waals surface area contributed by atoms with Crippen LogP contribution in [-0.2, 0) is 28.6 Å². The Hall–Kier alpha value is -2.97. The van der Waals surface area contributed by atoms with Crippen LogP contribution in [0.2, 0.25) is 0 Å². The second-order valence-corrected chi connectivity index (χ2v) is 16.3. The van der Waals surface area contributed by atoms with Gasteiger partial charge in [0.05, 0.1) is 40.3 Å². The first-order valence-electron chi connectivity index (χ1n) is 22.8. The zero-order chi connectivity index (χ0) is 42.1. The highest BCUT2D eigenvalue weighted by atomic mass is 16.6. The van der Waals surface area contributed by atoms with E-state index in [0.29, 0.717) is 12.8 Å². The van der Waals surface area contributed by atoms with Crippen molar-refractivity contribution >= 4 is 17.9 Å². The number of unbranched alkanes of at least 4 members (excludes halogenated alkanes) is 16. The fraction of sp³-hybridized carbons (Fsp3) is 0.735. The van der Waals surface area contributed by atoms with Crippen molar-refractivity contribution in [2.75, 3.05) is 41.0 Å². The highest BCUT2D eigenvalue weighted by Gasteiger charge is 2.25. The van der Waals surface area contributed by atoms with E-state index in [9.17, 15) is 19.5 Å². The van der Waals surface area contributed by atoms with Gasteiger partial charge in [-0.3, -0.25) is 9.59 Å². The minimum atomic E-state index is -1.13. The Balaban J connectivity index is 4.36. The van der Waals surface area contributed by atoms with E-state index in [2.05, 4.69) is 68.5 Å². The zero-order valence-electron chi connectivity index (χ0n) is 37.2. The average molecular weight is 800 g/mol. The predicted octanol–water partition coefficient (Wildman–Crippen LogP) is 11.2. The number of carbonyl (C=O) groups excluding carboxylic acids is 3. The molecule has 0 aromatic carbocycles. The van der Waals surface area contributed by atoms with Gasteiger partial charge in [-0.2, -0.15) is 0 Å². The van der Waals surface area contributed by atoms with Gasteiger partial charge in [0.15, 0.2) is 6.10 Å². The lowest BCUT2D eigenvalue weighted by atomic mass is 10.0. The van der Waals surface area contributed by atoms with Gasteiger partial charge in [0, 0.05) is 19.3 Å². The van der Waals surface area contributed by atoms with Gasteiger partial charge in [-0.1, -0.05) is 158 Å². The lowest BCUT2D eigenvalue weighted by molar-refractivity contribution is -0.889. The molecule has 0 rings (SSSR count). The molecule has 0 aliphatic heterocycles. The molecule has 8 heteroatoms. The number of rotatable bonds is 40. The molecular weight excluding hydrogens is 715 g/mol.